The van der Waals surface area contributed by atoms with Crippen molar-refractivity contribution in [3.63, 3.8) is 0 Å². The first-order valence-electron chi connectivity index (χ1n) is 3.97. The Hall–Kier alpha value is -2.09. The molecule has 0 aliphatic carbocycles. The molecular formula is C7H13N5O3. The van der Waals surface area contributed by atoms with Crippen molar-refractivity contribution in [3.05, 3.63) is 11.4 Å². The monoisotopic (exact) mass is 215 g/mol. The zero-order valence-corrected chi connectivity index (χ0v) is 8.16. The summed E-state index contributed by atoms with van der Waals surface area (Å²) in [5, 5.41) is 7.19. The van der Waals surface area contributed by atoms with Gasteiger partial charge in [-0.3, -0.25) is 15.6 Å². The molecule has 15 heavy (non-hydrogen) atoms. The standard InChI is InChI=1S/C7H13N5O3/c1-2-15-7(14)5(10)3(8)4(9)6(13)12-11/h9H,2,8,10-11H2,1H3,(H,12,13). The van der Waals surface area contributed by atoms with Crippen LogP contribution in [-0.4, -0.2) is 24.2 Å². The summed E-state index contributed by atoms with van der Waals surface area (Å²) < 4.78 is 4.53. The van der Waals surface area contributed by atoms with Gasteiger partial charge in [0.25, 0.3) is 5.91 Å². The van der Waals surface area contributed by atoms with E-state index in [9.17, 15) is 9.59 Å². The molecule has 84 valence electrons. The highest BCUT2D eigenvalue weighted by Crippen LogP contribution is 1.97. The highest BCUT2D eigenvalue weighted by molar-refractivity contribution is 6.44. The molecule has 8 N–H and O–H groups in total. The number of rotatable bonds is 4. The van der Waals surface area contributed by atoms with Crippen molar-refractivity contribution in [2.75, 3.05) is 6.61 Å². The molecule has 0 aliphatic heterocycles. The van der Waals surface area contributed by atoms with Crippen molar-refractivity contribution in [3.8, 4) is 0 Å². The molecule has 0 heterocycles. The van der Waals surface area contributed by atoms with Gasteiger partial charge in [0.1, 0.15) is 11.4 Å². The number of esters is 1. The maximum atomic E-state index is 11.1. The quantitative estimate of drug-likeness (QED) is 0.0884. The average molecular weight is 215 g/mol. The average Bonchev–Trinajstić information content (AvgIpc) is 2.25. The predicted octanol–water partition coefficient (Wildman–Crippen LogP) is -2.31. The summed E-state index contributed by atoms with van der Waals surface area (Å²) in [4.78, 5) is 21.9. The highest BCUT2D eigenvalue weighted by atomic mass is 16.5. The summed E-state index contributed by atoms with van der Waals surface area (Å²) in [6, 6.07) is 0. The Morgan fingerprint density at radius 2 is 1.87 bits per heavy atom. The molecule has 0 aromatic rings. The molecule has 0 aromatic heterocycles. The molecule has 0 unspecified atom stereocenters. The lowest BCUT2D eigenvalue weighted by Crippen LogP contribution is -2.39. The molecule has 0 aromatic carbocycles. The van der Waals surface area contributed by atoms with Gasteiger partial charge in [-0.15, -0.1) is 0 Å². The first-order chi connectivity index (χ1) is 6.95. The van der Waals surface area contributed by atoms with Crippen molar-refractivity contribution in [2.45, 2.75) is 6.92 Å². The number of carbonyl (C=O) groups excluding carboxylic acids is 2. The summed E-state index contributed by atoms with van der Waals surface area (Å²) in [6.45, 7) is 1.70. The molecule has 0 saturated carbocycles. The maximum absolute atomic E-state index is 11.1. The highest BCUT2D eigenvalue weighted by Gasteiger charge is 2.18. The molecule has 1 amide bonds. The van der Waals surface area contributed by atoms with Crippen LogP contribution in [0.1, 0.15) is 6.92 Å². The van der Waals surface area contributed by atoms with Crippen molar-refractivity contribution in [1.82, 2.24) is 5.43 Å². The molecular weight excluding hydrogens is 202 g/mol. The van der Waals surface area contributed by atoms with E-state index in [2.05, 4.69) is 4.74 Å². The van der Waals surface area contributed by atoms with Gasteiger partial charge < -0.3 is 16.2 Å². The Bertz CT molecular complexity index is 323. The third-order valence-corrected chi connectivity index (χ3v) is 1.41. The fourth-order valence-electron chi connectivity index (χ4n) is 0.648. The van der Waals surface area contributed by atoms with Crippen LogP contribution in [0.5, 0.6) is 0 Å². The van der Waals surface area contributed by atoms with E-state index in [0.29, 0.717) is 0 Å². The van der Waals surface area contributed by atoms with Crippen molar-refractivity contribution in [1.29, 1.82) is 5.41 Å². The smallest absolute Gasteiger partial charge is 0.356 e. The van der Waals surface area contributed by atoms with Crippen LogP contribution in [0.25, 0.3) is 0 Å². The van der Waals surface area contributed by atoms with E-state index in [1.807, 2.05) is 0 Å². The second-order valence-corrected chi connectivity index (χ2v) is 2.40. The third kappa shape index (κ3) is 3.27. The molecule has 0 bridgehead atoms. The number of hydrogen-bond acceptors (Lipinski definition) is 7. The Morgan fingerprint density at radius 3 is 2.27 bits per heavy atom. The largest absolute Gasteiger partial charge is 0.461 e. The Morgan fingerprint density at radius 1 is 1.33 bits per heavy atom. The Labute approximate surface area is 85.9 Å². The summed E-state index contributed by atoms with van der Waals surface area (Å²) in [5.74, 6) is 2.94. The van der Waals surface area contributed by atoms with Gasteiger partial charge in [-0.2, -0.15) is 0 Å². The summed E-state index contributed by atoms with van der Waals surface area (Å²) in [6.07, 6.45) is 0. The first-order valence-corrected chi connectivity index (χ1v) is 3.97. The van der Waals surface area contributed by atoms with Gasteiger partial charge >= 0.3 is 5.97 Å². The van der Waals surface area contributed by atoms with Gasteiger partial charge in [0, 0.05) is 0 Å². The van der Waals surface area contributed by atoms with Gasteiger partial charge in [-0.1, -0.05) is 0 Å². The van der Waals surface area contributed by atoms with Crippen LogP contribution in [0.2, 0.25) is 0 Å². The Balaban J connectivity index is 4.86. The number of ether oxygens (including phenoxy) is 1. The van der Waals surface area contributed by atoms with Crippen molar-refractivity contribution >= 4 is 17.6 Å². The molecule has 8 nitrogen and oxygen atoms in total. The lowest BCUT2D eigenvalue weighted by atomic mass is 10.2. The van der Waals surface area contributed by atoms with Crippen LogP contribution < -0.4 is 22.7 Å². The van der Waals surface area contributed by atoms with E-state index in [1.165, 1.54) is 0 Å². The molecule has 0 spiro atoms. The molecule has 0 atom stereocenters. The lowest BCUT2D eigenvalue weighted by Gasteiger charge is -2.06. The predicted molar refractivity (Wildman–Crippen MR) is 52.1 cm³/mol. The minimum atomic E-state index is -0.945. The number of hydrazine groups is 1. The zero-order chi connectivity index (χ0) is 12.0. The number of nitrogens with two attached hydrogens (primary N) is 3. The van der Waals surface area contributed by atoms with E-state index in [0.717, 1.165) is 0 Å². The van der Waals surface area contributed by atoms with Gasteiger partial charge in [0.05, 0.1) is 12.3 Å². The summed E-state index contributed by atoms with van der Waals surface area (Å²) in [5.41, 5.74) is 10.6. The van der Waals surface area contributed by atoms with Crippen LogP contribution in [0, 0.1) is 5.41 Å². The Kier molecular flexibility index (Phi) is 4.82. The maximum Gasteiger partial charge on any atom is 0.356 e. The van der Waals surface area contributed by atoms with Crippen LogP contribution in [0.15, 0.2) is 11.4 Å². The summed E-state index contributed by atoms with van der Waals surface area (Å²) >= 11 is 0. The number of carbonyl (C=O) groups is 2. The van der Waals surface area contributed by atoms with E-state index in [1.54, 1.807) is 12.3 Å². The van der Waals surface area contributed by atoms with E-state index < -0.39 is 29.0 Å². The molecule has 0 saturated heterocycles. The number of amides is 1. The topological polar surface area (TPSA) is 157 Å². The number of hydrogen-bond donors (Lipinski definition) is 5. The van der Waals surface area contributed by atoms with Crippen LogP contribution in [0.3, 0.4) is 0 Å². The normalized spacial score (nSPS) is 11.3. The first kappa shape index (κ1) is 12.9. The summed E-state index contributed by atoms with van der Waals surface area (Å²) in [7, 11) is 0. The van der Waals surface area contributed by atoms with Crippen molar-refractivity contribution in [2.24, 2.45) is 17.3 Å². The van der Waals surface area contributed by atoms with Gasteiger partial charge in [0.2, 0.25) is 0 Å². The van der Waals surface area contributed by atoms with Gasteiger partial charge in [-0.05, 0) is 6.92 Å². The van der Waals surface area contributed by atoms with E-state index in [-0.39, 0.29) is 6.61 Å². The van der Waals surface area contributed by atoms with Crippen LogP contribution in [0.4, 0.5) is 0 Å². The lowest BCUT2D eigenvalue weighted by molar-refractivity contribution is -0.138. The van der Waals surface area contributed by atoms with Crippen LogP contribution in [-0.2, 0) is 14.3 Å². The fraction of sp³-hybridized carbons (Fsp3) is 0.286. The second-order valence-electron chi connectivity index (χ2n) is 2.40. The molecule has 0 fully saturated rings. The second kappa shape index (κ2) is 5.60. The van der Waals surface area contributed by atoms with Crippen LogP contribution >= 0.6 is 0 Å². The molecule has 0 radical (unpaired) electrons. The van der Waals surface area contributed by atoms with Crippen molar-refractivity contribution < 1.29 is 14.3 Å². The van der Waals surface area contributed by atoms with E-state index in [4.69, 9.17) is 22.7 Å². The fourth-order valence-corrected chi connectivity index (χ4v) is 0.648. The minimum absolute atomic E-state index is 0.114. The van der Waals surface area contributed by atoms with Gasteiger partial charge in [0.15, 0.2) is 0 Å². The van der Waals surface area contributed by atoms with Gasteiger partial charge in [-0.25, -0.2) is 10.6 Å². The molecule has 0 aliphatic rings. The third-order valence-electron chi connectivity index (χ3n) is 1.41. The minimum Gasteiger partial charge on any atom is -0.461 e. The van der Waals surface area contributed by atoms with E-state index >= 15 is 0 Å². The molecule has 0 rings (SSSR count). The molecule has 8 heteroatoms. The number of nitrogens with one attached hydrogen (secondary N) is 2. The zero-order valence-electron chi connectivity index (χ0n) is 8.16. The SMILES string of the molecule is CCOC(=O)C(N)=C(N)C(=N)C(=O)NN.